The van der Waals surface area contributed by atoms with Gasteiger partial charge in [0.1, 0.15) is 18.1 Å². The lowest BCUT2D eigenvalue weighted by atomic mass is 10.0. The summed E-state index contributed by atoms with van der Waals surface area (Å²) < 4.78 is 14.1. The third kappa shape index (κ3) is 4.69. The van der Waals surface area contributed by atoms with Crippen molar-refractivity contribution in [3.05, 3.63) is 60.2 Å². The molecule has 1 atom stereocenters. The lowest BCUT2D eigenvalue weighted by Gasteiger charge is -2.26. The second-order valence-corrected chi connectivity index (χ2v) is 9.93. The normalized spacial score (nSPS) is 18.9. The Bertz CT molecular complexity index is 1410. The molecule has 2 fully saturated rings. The van der Waals surface area contributed by atoms with Gasteiger partial charge in [0.05, 0.1) is 17.1 Å². The van der Waals surface area contributed by atoms with Gasteiger partial charge in [0, 0.05) is 24.1 Å². The highest BCUT2D eigenvalue weighted by Crippen LogP contribution is 2.35. The number of benzene rings is 3. The Morgan fingerprint density at radius 2 is 1.81 bits per heavy atom. The summed E-state index contributed by atoms with van der Waals surface area (Å²) >= 11 is 0. The predicted octanol–water partition coefficient (Wildman–Crippen LogP) is 6.29. The highest BCUT2D eigenvalue weighted by atomic mass is 16.5. The Morgan fingerprint density at radius 1 is 0.944 bits per heavy atom. The van der Waals surface area contributed by atoms with E-state index in [9.17, 15) is 5.26 Å². The summed E-state index contributed by atoms with van der Waals surface area (Å²) in [4.78, 5) is 2.50. The summed E-state index contributed by atoms with van der Waals surface area (Å²) in [6.07, 6.45) is 7.08. The summed E-state index contributed by atoms with van der Waals surface area (Å²) in [6, 6.07) is 20.8. The van der Waals surface area contributed by atoms with Crippen LogP contribution in [0.15, 0.2) is 54.6 Å². The quantitative estimate of drug-likeness (QED) is 0.324. The van der Waals surface area contributed by atoms with Crippen LogP contribution >= 0.6 is 0 Å². The first-order chi connectivity index (χ1) is 17.8. The number of ether oxygens (including phenoxy) is 2. The molecule has 184 valence electrons. The number of likely N-dealkylation sites (tertiary alicyclic amines) is 1. The summed E-state index contributed by atoms with van der Waals surface area (Å²) in [6.45, 7) is 4.85. The number of nitrogens with zero attached hydrogens (tertiary/aromatic N) is 4. The van der Waals surface area contributed by atoms with Crippen LogP contribution in [0.5, 0.6) is 5.75 Å². The van der Waals surface area contributed by atoms with Crippen LogP contribution in [0.1, 0.15) is 50.3 Å². The monoisotopic (exact) mass is 480 g/mol. The predicted molar refractivity (Wildman–Crippen MR) is 142 cm³/mol. The van der Waals surface area contributed by atoms with Gasteiger partial charge in [0.2, 0.25) is 0 Å². The Labute approximate surface area is 212 Å². The SMILES string of the molecule is N#Cc1ccc2c(c1)c(-c1ccc3cc(OCCN4CCCCC4)ccc3c1)nn2C1CCCCO1. The van der Waals surface area contributed by atoms with Crippen molar-refractivity contribution in [3.8, 4) is 23.1 Å². The van der Waals surface area contributed by atoms with Crippen molar-refractivity contribution < 1.29 is 9.47 Å². The molecule has 2 saturated heterocycles. The van der Waals surface area contributed by atoms with Crippen LogP contribution in [0.2, 0.25) is 0 Å². The van der Waals surface area contributed by atoms with Gasteiger partial charge in [-0.25, -0.2) is 4.68 Å². The van der Waals surface area contributed by atoms with Crippen molar-refractivity contribution in [3.63, 3.8) is 0 Å². The summed E-state index contributed by atoms with van der Waals surface area (Å²) in [5, 5.41) is 17.8. The first-order valence-corrected chi connectivity index (χ1v) is 13.2. The number of hydrogen-bond acceptors (Lipinski definition) is 5. The number of aromatic nitrogens is 2. The molecule has 0 radical (unpaired) electrons. The molecule has 0 bridgehead atoms. The van der Waals surface area contributed by atoms with E-state index < -0.39 is 0 Å². The highest BCUT2D eigenvalue weighted by molar-refractivity contribution is 5.97. The molecule has 2 aliphatic rings. The molecule has 0 saturated carbocycles. The van der Waals surface area contributed by atoms with E-state index >= 15 is 0 Å². The van der Waals surface area contributed by atoms with Crippen molar-refractivity contribution in [1.82, 2.24) is 14.7 Å². The van der Waals surface area contributed by atoms with Gasteiger partial charge in [-0.15, -0.1) is 0 Å². The average molecular weight is 481 g/mol. The molecule has 0 N–H and O–H groups in total. The van der Waals surface area contributed by atoms with Gasteiger partial charge in [0.25, 0.3) is 0 Å². The third-order valence-electron chi connectivity index (χ3n) is 7.47. The Morgan fingerprint density at radius 3 is 2.64 bits per heavy atom. The van der Waals surface area contributed by atoms with Crippen molar-refractivity contribution in [2.24, 2.45) is 0 Å². The molecule has 3 heterocycles. The Hall–Kier alpha value is -3.40. The summed E-state index contributed by atoms with van der Waals surface area (Å²) in [5.41, 5.74) is 3.57. The van der Waals surface area contributed by atoms with Gasteiger partial charge in [0.15, 0.2) is 6.23 Å². The molecule has 6 nitrogen and oxygen atoms in total. The number of nitriles is 1. The standard InChI is InChI=1S/C30H32N4O2/c31-21-22-7-12-28-27(18-22)30(32-34(28)29-6-2-5-16-36-29)25-9-8-24-20-26(11-10-23(24)19-25)35-17-15-33-13-3-1-4-14-33/h7-12,18-20,29H,1-6,13-17H2. The minimum atomic E-state index is -0.0620. The van der Waals surface area contributed by atoms with E-state index in [0.717, 1.165) is 77.7 Å². The van der Waals surface area contributed by atoms with Crippen molar-refractivity contribution in [2.75, 3.05) is 32.8 Å². The fourth-order valence-electron chi connectivity index (χ4n) is 5.50. The van der Waals surface area contributed by atoms with Gasteiger partial charge in [-0.3, -0.25) is 4.90 Å². The largest absolute Gasteiger partial charge is 0.492 e. The zero-order valence-electron chi connectivity index (χ0n) is 20.7. The lowest BCUT2D eigenvalue weighted by molar-refractivity contribution is -0.0365. The van der Waals surface area contributed by atoms with E-state index in [1.165, 1.54) is 32.4 Å². The summed E-state index contributed by atoms with van der Waals surface area (Å²) in [5.74, 6) is 0.912. The van der Waals surface area contributed by atoms with Crippen LogP contribution in [0.3, 0.4) is 0 Å². The number of piperidine rings is 1. The topological polar surface area (TPSA) is 63.3 Å². The zero-order chi connectivity index (χ0) is 24.3. The maximum atomic E-state index is 9.50. The maximum absolute atomic E-state index is 9.50. The van der Waals surface area contributed by atoms with Gasteiger partial charge in [-0.2, -0.15) is 10.4 Å². The third-order valence-corrected chi connectivity index (χ3v) is 7.47. The molecule has 0 spiro atoms. The van der Waals surface area contributed by atoms with E-state index in [0.29, 0.717) is 5.56 Å². The van der Waals surface area contributed by atoms with Gasteiger partial charge in [-0.1, -0.05) is 24.6 Å². The Kier molecular flexibility index (Phi) is 6.59. The molecule has 3 aromatic carbocycles. The van der Waals surface area contributed by atoms with E-state index in [2.05, 4.69) is 47.4 Å². The van der Waals surface area contributed by atoms with E-state index in [4.69, 9.17) is 14.6 Å². The molecule has 0 amide bonds. The maximum Gasteiger partial charge on any atom is 0.150 e. The number of fused-ring (bicyclic) bond motifs is 2. The molecular formula is C30H32N4O2. The lowest BCUT2D eigenvalue weighted by Crippen LogP contribution is -2.33. The smallest absolute Gasteiger partial charge is 0.150 e. The minimum absolute atomic E-state index is 0.0620. The van der Waals surface area contributed by atoms with Gasteiger partial charge in [-0.05, 0) is 92.4 Å². The molecule has 1 unspecified atom stereocenters. The van der Waals surface area contributed by atoms with Gasteiger partial charge < -0.3 is 9.47 Å². The van der Waals surface area contributed by atoms with Crippen LogP contribution < -0.4 is 4.74 Å². The fourth-order valence-corrected chi connectivity index (χ4v) is 5.50. The van der Waals surface area contributed by atoms with Crippen LogP contribution in [-0.2, 0) is 4.74 Å². The van der Waals surface area contributed by atoms with Crippen molar-refractivity contribution in [2.45, 2.75) is 44.8 Å². The second-order valence-electron chi connectivity index (χ2n) is 9.93. The fraction of sp³-hybridized carbons (Fsp3) is 0.400. The Balaban J connectivity index is 1.28. The van der Waals surface area contributed by atoms with Crippen LogP contribution in [0.25, 0.3) is 32.9 Å². The van der Waals surface area contributed by atoms with Crippen LogP contribution in [0, 0.1) is 11.3 Å². The van der Waals surface area contributed by atoms with Crippen LogP contribution in [0.4, 0.5) is 0 Å². The van der Waals surface area contributed by atoms with Crippen LogP contribution in [-0.4, -0.2) is 47.5 Å². The molecule has 36 heavy (non-hydrogen) atoms. The number of rotatable bonds is 6. The average Bonchev–Trinajstić information content (AvgIpc) is 3.32. The molecule has 0 aliphatic carbocycles. The second kappa shape index (κ2) is 10.3. The zero-order valence-corrected chi connectivity index (χ0v) is 20.7. The van der Waals surface area contributed by atoms with E-state index in [-0.39, 0.29) is 6.23 Å². The van der Waals surface area contributed by atoms with Crippen molar-refractivity contribution >= 4 is 21.7 Å². The van der Waals surface area contributed by atoms with E-state index in [1.807, 2.05) is 22.9 Å². The van der Waals surface area contributed by atoms with E-state index in [1.54, 1.807) is 0 Å². The summed E-state index contributed by atoms with van der Waals surface area (Å²) in [7, 11) is 0. The molecule has 4 aromatic rings. The molecule has 6 heteroatoms. The molecular weight excluding hydrogens is 448 g/mol. The number of hydrogen-bond donors (Lipinski definition) is 0. The highest BCUT2D eigenvalue weighted by Gasteiger charge is 2.22. The van der Waals surface area contributed by atoms with Gasteiger partial charge >= 0.3 is 0 Å². The minimum Gasteiger partial charge on any atom is -0.492 e. The molecule has 6 rings (SSSR count). The molecule has 1 aromatic heterocycles. The first-order valence-electron chi connectivity index (χ1n) is 13.2. The first kappa shape index (κ1) is 23.0. The molecule has 2 aliphatic heterocycles. The van der Waals surface area contributed by atoms with Crippen molar-refractivity contribution in [1.29, 1.82) is 5.26 Å².